The van der Waals surface area contributed by atoms with Gasteiger partial charge in [-0.25, -0.2) is 0 Å². The van der Waals surface area contributed by atoms with Crippen LogP contribution in [0.2, 0.25) is 10.6 Å². The molecule has 16 heavy (non-hydrogen) atoms. The summed E-state index contributed by atoms with van der Waals surface area (Å²) in [6.45, 7) is 0. The van der Waals surface area contributed by atoms with Crippen LogP contribution in [0.15, 0.2) is 0 Å². The van der Waals surface area contributed by atoms with E-state index in [4.69, 9.17) is 22.7 Å². The van der Waals surface area contributed by atoms with Gasteiger partial charge in [0.2, 0.25) is 0 Å². The van der Waals surface area contributed by atoms with Crippen LogP contribution < -0.4 is 7.55 Å². The summed E-state index contributed by atoms with van der Waals surface area (Å²) in [5, 5.41) is 19.0. The van der Waals surface area contributed by atoms with E-state index in [1.165, 1.54) is 7.55 Å². The molecule has 0 aliphatic heterocycles. The Kier molecular flexibility index (Phi) is 7.52. The first-order chi connectivity index (χ1) is 7.77. The van der Waals surface area contributed by atoms with Crippen molar-refractivity contribution in [3.63, 3.8) is 0 Å². The molecular formula is C9H8N2S3Se2. The van der Waals surface area contributed by atoms with Crippen LogP contribution in [-0.2, 0) is 0 Å². The second-order valence-electron chi connectivity index (χ2n) is 2.54. The molecule has 2 nitrogen and oxygen atoms in total. The van der Waals surface area contributed by atoms with Gasteiger partial charge < -0.3 is 0 Å². The van der Waals surface area contributed by atoms with Crippen molar-refractivity contribution in [2.75, 3.05) is 0 Å². The van der Waals surface area contributed by atoms with Crippen LogP contribution >= 0.6 is 34.9 Å². The van der Waals surface area contributed by atoms with Crippen molar-refractivity contribution in [1.82, 2.24) is 0 Å². The van der Waals surface area contributed by atoms with E-state index in [2.05, 4.69) is 12.1 Å². The molecule has 1 rings (SSSR count). The van der Waals surface area contributed by atoms with Gasteiger partial charge in [0.1, 0.15) is 0 Å². The molecule has 0 aromatic carbocycles. The standard InChI is InChI=1S/C9H8N2S3Se2/c10-3-1-5-15-7-8(14-9(12)13-7)16-6-2-4-11/h1-2,5-6H2. The zero-order valence-electron chi connectivity index (χ0n) is 8.26. The predicted octanol–water partition coefficient (Wildman–Crippen LogP) is 1.86. The Morgan fingerprint density at radius 2 is 1.44 bits per heavy atom. The molecule has 0 radical (unpaired) electrons. The summed E-state index contributed by atoms with van der Waals surface area (Å²) in [7, 11) is 0. The average molecular weight is 398 g/mol. The van der Waals surface area contributed by atoms with Gasteiger partial charge in [-0.15, -0.1) is 0 Å². The molecule has 0 N–H and O–H groups in total. The molecule has 0 spiro atoms. The van der Waals surface area contributed by atoms with Crippen LogP contribution in [0.4, 0.5) is 0 Å². The number of hydrogen-bond donors (Lipinski definition) is 0. The molecular weight excluding hydrogens is 390 g/mol. The molecule has 0 saturated heterocycles. The van der Waals surface area contributed by atoms with Crippen molar-refractivity contribution in [1.29, 1.82) is 10.5 Å². The molecule has 0 bridgehead atoms. The molecule has 0 atom stereocenters. The van der Waals surface area contributed by atoms with E-state index < -0.39 is 0 Å². The summed E-state index contributed by atoms with van der Waals surface area (Å²) in [4.78, 5) is 0. The zero-order valence-corrected chi connectivity index (χ0v) is 14.1. The summed E-state index contributed by atoms with van der Waals surface area (Å²) >= 11 is 9.42. The van der Waals surface area contributed by atoms with Crippen molar-refractivity contribution >= 4 is 72.4 Å². The third-order valence-electron chi connectivity index (χ3n) is 1.41. The van der Waals surface area contributed by atoms with Gasteiger partial charge in [-0.1, -0.05) is 0 Å². The van der Waals surface area contributed by atoms with Gasteiger partial charge in [0.15, 0.2) is 0 Å². The zero-order chi connectivity index (χ0) is 11.8. The molecule has 1 heterocycles. The van der Waals surface area contributed by atoms with Crippen LogP contribution in [-0.4, -0.2) is 29.9 Å². The fourth-order valence-electron chi connectivity index (χ4n) is 0.811. The summed E-state index contributed by atoms with van der Waals surface area (Å²) in [5.74, 6) is 0. The molecule has 0 aliphatic rings. The van der Waals surface area contributed by atoms with Gasteiger partial charge in [-0.3, -0.25) is 0 Å². The predicted molar refractivity (Wildman–Crippen MR) is 73.9 cm³/mol. The third-order valence-corrected chi connectivity index (χ3v) is 10.8. The molecule has 0 aliphatic carbocycles. The number of rotatable bonds is 6. The van der Waals surface area contributed by atoms with Crippen LogP contribution in [0.25, 0.3) is 0 Å². The minimum atomic E-state index is 0.400. The maximum absolute atomic E-state index is 8.51. The van der Waals surface area contributed by atoms with E-state index in [9.17, 15) is 0 Å². The number of nitriles is 2. The molecule has 1 aromatic rings. The Morgan fingerprint density at radius 3 is 1.81 bits per heavy atom. The quantitative estimate of drug-likeness (QED) is 0.418. The first-order valence-electron chi connectivity index (χ1n) is 4.41. The molecule has 0 saturated carbocycles. The first-order valence-corrected chi connectivity index (χ1v) is 10.6. The summed E-state index contributed by atoms with van der Waals surface area (Å²) in [6, 6.07) is 4.35. The van der Waals surface area contributed by atoms with E-state index in [1.54, 1.807) is 22.7 Å². The van der Waals surface area contributed by atoms with E-state index in [-0.39, 0.29) is 0 Å². The van der Waals surface area contributed by atoms with Crippen molar-refractivity contribution in [2.45, 2.75) is 23.5 Å². The van der Waals surface area contributed by atoms with Gasteiger partial charge in [0.05, 0.1) is 0 Å². The monoisotopic (exact) mass is 400 g/mol. The van der Waals surface area contributed by atoms with Crippen molar-refractivity contribution in [3.8, 4) is 12.1 Å². The summed E-state index contributed by atoms with van der Waals surface area (Å²) in [6.07, 6.45) is 1.28. The van der Waals surface area contributed by atoms with Gasteiger partial charge in [0, 0.05) is 0 Å². The Bertz CT molecular complexity index is 426. The second-order valence-corrected chi connectivity index (χ2v) is 11.6. The number of hydrogen-bond acceptors (Lipinski definition) is 5. The second kappa shape index (κ2) is 8.39. The molecule has 84 valence electrons. The van der Waals surface area contributed by atoms with Gasteiger partial charge in [0.25, 0.3) is 0 Å². The molecule has 0 unspecified atom stereocenters. The normalized spacial score (nSPS) is 9.62. The van der Waals surface area contributed by atoms with E-state index in [0.717, 1.165) is 13.8 Å². The fourth-order valence-corrected chi connectivity index (χ4v) is 11.4. The molecule has 0 amide bonds. The SMILES string of the molecule is N#CCC[Se]c1sc(=S)sc1[Se]CCC#N. The van der Waals surface area contributed by atoms with Crippen LogP contribution in [0, 0.1) is 25.8 Å². The van der Waals surface area contributed by atoms with Crippen LogP contribution in [0.3, 0.4) is 0 Å². The van der Waals surface area contributed by atoms with E-state index >= 15 is 0 Å². The van der Waals surface area contributed by atoms with E-state index in [1.807, 2.05) is 0 Å². The fraction of sp³-hybridized carbons (Fsp3) is 0.444. The van der Waals surface area contributed by atoms with E-state index in [0.29, 0.717) is 42.8 Å². The van der Waals surface area contributed by atoms with Gasteiger partial charge >= 0.3 is 122 Å². The Hall–Kier alpha value is 0.289. The Morgan fingerprint density at radius 1 is 1.00 bits per heavy atom. The van der Waals surface area contributed by atoms with Crippen LogP contribution in [0.1, 0.15) is 12.8 Å². The molecule has 0 fully saturated rings. The average Bonchev–Trinajstić information content (AvgIpc) is 2.60. The number of nitrogens with zero attached hydrogens (tertiary/aromatic N) is 2. The minimum absolute atomic E-state index is 0.400. The van der Waals surface area contributed by atoms with Gasteiger partial charge in [-0.05, 0) is 0 Å². The topological polar surface area (TPSA) is 47.6 Å². The maximum atomic E-state index is 8.51. The molecule has 1 aromatic heterocycles. The van der Waals surface area contributed by atoms with Gasteiger partial charge in [-0.2, -0.15) is 0 Å². The Balaban J connectivity index is 2.58. The van der Waals surface area contributed by atoms with Crippen molar-refractivity contribution in [3.05, 3.63) is 3.14 Å². The van der Waals surface area contributed by atoms with Crippen molar-refractivity contribution in [2.24, 2.45) is 0 Å². The molecule has 7 heteroatoms. The van der Waals surface area contributed by atoms with Crippen molar-refractivity contribution < 1.29 is 0 Å². The summed E-state index contributed by atoms with van der Waals surface area (Å²) in [5.41, 5.74) is 0. The van der Waals surface area contributed by atoms with Crippen LogP contribution in [0.5, 0.6) is 0 Å². The third kappa shape index (κ3) is 5.08. The summed E-state index contributed by atoms with van der Waals surface area (Å²) < 4.78 is 3.81. The first kappa shape index (κ1) is 14.4. The Labute approximate surface area is 121 Å².